The Morgan fingerprint density at radius 1 is 1.21 bits per heavy atom. The number of benzene rings is 1. The zero-order valence-electron chi connectivity index (χ0n) is 15.8. The molecule has 0 amide bonds. The summed E-state index contributed by atoms with van der Waals surface area (Å²) in [4.78, 5) is 8.14. The van der Waals surface area contributed by atoms with Crippen molar-refractivity contribution in [1.29, 1.82) is 0 Å². The average molecular weight is 422 g/mol. The average Bonchev–Trinajstić information content (AvgIpc) is 3.36. The lowest BCUT2D eigenvalue weighted by molar-refractivity contribution is -0.140. The molecule has 0 aliphatic carbocycles. The Labute approximate surface area is 170 Å². The van der Waals surface area contributed by atoms with Gasteiger partial charge in [0, 0.05) is 24.3 Å². The first kappa shape index (κ1) is 20.8. The molecular weight excluding hydrogens is 401 g/mol. The zero-order valence-corrected chi connectivity index (χ0v) is 16.6. The largest absolute Gasteiger partial charge is 0.434 e. The number of thiazole rings is 1. The topological polar surface area (TPSA) is 67.1 Å². The number of aliphatic imine (C=N–C) groups is 1. The number of halogens is 3. The van der Waals surface area contributed by atoms with E-state index in [1.807, 2.05) is 42.1 Å². The van der Waals surface area contributed by atoms with Crippen LogP contribution in [0, 0.1) is 0 Å². The summed E-state index contributed by atoms with van der Waals surface area (Å²) in [6, 6.07) is 9.92. The maximum absolute atomic E-state index is 12.7. The molecule has 154 valence electrons. The molecule has 0 fully saturated rings. The number of hydrogen-bond donors (Lipinski definition) is 2. The van der Waals surface area contributed by atoms with Crippen LogP contribution in [-0.4, -0.2) is 27.3 Å². The lowest BCUT2D eigenvalue weighted by Crippen LogP contribution is -2.36. The maximum atomic E-state index is 12.7. The summed E-state index contributed by atoms with van der Waals surface area (Å²) in [7, 11) is 0. The SMILES string of the molecule is CCNC(=NCc1cccc(Cn2cccn2)c1)NCc1nc(C(F)(F)F)cs1. The minimum Gasteiger partial charge on any atom is -0.357 e. The number of aromatic nitrogens is 3. The number of guanidine groups is 1. The summed E-state index contributed by atoms with van der Waals surface area (Å²) in [6.07, 6.45) is -0.780. The van der Waals surface area contributed by atoms with Crippen LogP contribution in [0.3, 0.4) is 0 Å². The molecule has 2 heterocycles. The quantitative estimate of drug-likeness (QED) is 0.451. The van der Waals surface area contributed by atoms with Crippen LogP contribution in [0.15, 0.2) is 53.1 Å². The molecule has 3 rings (SSSR count). The molecule has 2 aromatic heterocycles. The van der Waals surface area contributed by atoms with Gasteiger partial charge in [-0.1, -0.05) is 24.3 Å². The van der Waals surface area contributed by atoms with Gasteiger partial charge in [0.05, 0.1) is 19.6 Å². The Kier molecular flexibility index (Phi) is 6.86. The Morgan fingerprint density at radius 3 is 2.72 bits per heavy atom. The van der Waals surface area contributed by atoms with Gasteiger partial charge >= 0.3 is 6.18 Å². The van der Waals surface area contributed by atoms with Crippen LogP contribution in [0.2, 0.25) is 0 Å². The Bertz CT molecular complexity index is 934. The van der Waals surface area contributed by atoms with Gasteiger partial charge in [0.25, 0.3) is 0 Å². The second-order valence-corrected chi connectivity index (χ2v) is 7.14. The van der Waals surface area contributed by atoms with Crippen molar-refractivity contribution >= 4 is 17.3 Å². The highest BCUT2D eigenvalue weighted by atomic mass is 32.1. The van der Waals surface area contributed by atoms with E-state index in [9.17, 15) is 13.2 Å². The molecule has 0 spiro atoms. The number of alkyl halides is 3. The van der Waals surface area contributed by atoms with Crippen LogP contribution in [0.1, 0.15) is 28.8 Å². The first-order valence-electron chi connectivity index (χ1n) is 9.03. The van der Waals surface area contributed by atoms with E-state index in [1.165, 1.54) is 0 Å². The fraction of sp³-hybridized carbons (Fsp3) is 0.316. The highest BCUT2D eigenvalue weighted by molar-refractivity contribution is 7.09. The van der Waals surface area contributed by atoms with Crippen molar-refractivity contribution in [2.75, 3.05) is 6.54 Å². The number of hydrogen-bond acceptors (Lipinski definition) is 4. The Balaban J connectivity index is 1.61. The molecular formula is C19H21F3N6S. The van der Waals surface area contributed by atoms with E-state index in [2.05, 4.69) is 31.8 Å². The van der Waals surface area contributed by atoms with Crippen LogP contribution < -0.4 is 10.6 Å². The predicted octanol–water partition coefficient (Wildman–Crippen LogP) is 3.66. The number of nitrogens with one attached hydrogen (secondary N) is 2. The lowest BCUT2D eigenvalue weighted by Gasteiger charge is -2.10. The highest BCUT2D eigenvalue weighted by Gasteiger charge is 2.33. The van der Waals surface area contributed by atoms with Gasteiger partial charge in [0.2, 0.25) is 0 Å². The summed E-state index contributed by atoms with van der Waals surface area (Å²) in [5.41, 5.74) is 1.28. The first-order valence-corrected chi connectivity index (χ1v) is 9.91. The van der Waals surface area contributed by atoms with E-state index in [1.54, 1.807) is 6.20 Å². The van der Waals surface area contributed by atoms with Gasteiger partial charge in [0.15, 0.2) is 11.7 Å². The summed E-state index contributed by atoms with van der Waals surface area (Å²) in [5.74, 6) is 0.522. The molecule has 6 nitrogen and oxygen atoms in total. The van der Waals surface area contributed by atoms with Gasteiger partial charge in [-0.2, -0.15) is 18.3 Å². The Morgan fingerprint density at radius 2 is 2.03 bits per heavy atom. The lowest BCUT2D eigenvalue weighted by atomic mass is 10.1. The van der Waals surface area contributed by atoms with E-state index in [4.69, 9.17) is 0 Å². The molecule has 0 radical (unpaired) electrons. The fourth-order valence-corrected chi connectivity index (χ4v) is 3.34. The van der Waals surface area contributed by atoms with Crippen LogP contribution in [0.5, 0.6) is 0 Å². The zero-order chi connectivity index (χ0) is 20.7. The third-order valence-electron chi connectivity index (χ3n) is 3.91. The van der Waals surface area contributed by atoms with Crippen LogP contribution in [-0.2, 0) is 25.8 Å². The van der Waals surface area contributed by atoms with E-state index in [-0.39, 0.29) is 6.54 Å². The second kappa shape index (κ2) is 9.55. The molecule has 1 aromatic carbocycles. The molecule has 3 aromatic rings. The van der Waals surface area contributed by atoms with Gasteiger partial charge < -0.3 is 10.6 Å². The van der Waals surface area contributed by atoms with Gasteiger partial charge in [-0.15, -0.1) is 11.3 Å². The van der Waals surface area contributed by atoms with E-state index < -0.39 is 11.9 Å². The predicted molar refractivity (Wildman–Crippen MR) is 107 cm³/mol. The molecule has 2 N–H and O–H groups in total. The maximum Gasteiger partial charge on any atom is 0.434 e. The van der Waals surface area contributed by atoms with E-state index in [0.29, 0.717) is 30.6 Å². The van der Waals surface area contributed by atoms with Gasteiger partial charge in [0.1, 0.15) is 5.01 Å². The second-order valence-electron chi connectivity index (χ2n) is 6.20. The molecule has 10 heteroatoms. The highest BCUT2D eigenvalue weighted by Crippen LogP contribution is 2.29. The molecule has 0 unspecified atom stereocenters. The summed E-state index contributed by atoms with van der Waals surface area (Å²) in [6.45, 7) is 3.85. The van der Waals surface area contributed by atoms with Crippen LogP contribution in [0.4, 0.5) is 13.2 Å². The van der Waals surface area contributed by atoms with Crippen LogP contribution in [0.25, 0.3) is 0 Å². The smallest absolute Gasteiger partial charge is 0.357 e. The molecule has 0 aliphatic heterocycles. The van der Waals surface area contributed by atoms with Crippen molar-refractivity contribution < 1.29 is 13.2 Å². The van der Waals surface area contributed by atoms with E-state index >= 15 is 0 Å². The molecule has 29 heavy (non-hydrogen) atoms. The Hall–Kier alpha value is -2.88. The number of nitrogens with zero attached hydrogens (tertiary/aromatic N) is 4. The minimum absolute atomic E-state index is 0.173. The van der Waals surface area contributed by atoms with Crippen molar-refractivity contribution in [3.8, 4) is 0 Å². The minimum atomic E-state index is -4.42. The summed E-state index contributed by atoms with van der Waals surface area (Å²) >= 11 is 0.970. The van der Waals surface area contributed by atoms with Crippen LogP contribution >= 0.6 is 11.3 Å². The summed E-state index contributed by atoms with van der Waals surface area (Å²) in [5, 5.41) is 11.7. The van der Waals surface area contributed by atoms with Gasteiger partial charge in [-0.05, 0) is 24.1 Å². The fourth-order valence-electron chi connectivity index (χ4n) is 2.60. The van der Waals surface area contributed by atoms with Gasteiger partial charge in [-0.25, -0.2) is 9.98 Å². The van der Waals surface area contributed by atoms with E-state index in [0.717, 1.165) is 27.8 Å². The molecule has 0 atom stereocenters. The molecule has 0 saturated heterocycles. The standard InChI is InChI=1S/C19H21F3N6S/c1-2-23-18(25-11-17-27-16(13-29-17)19(20,21)22)24-10-14-5-3-6-15(9-14)12-28-8-4-7-26-28/h3-9,13H,2,10-12H2,1H3,(H2,23,24,25). The van der Waals surface area contributed by atoms with Crippen molar-refractivity contribution in [3.05, 3.63) is 69.9 Å². The third-order valence-corrected chi connectivity index (χ3v) is 4.76. The molecule has 0 saturated carbocycles. The number of rotatable bonds is 7. The molecule has 0 aliphatic rings. The third kappa shape index (κ3) is 6.31. The first-order chi connectivity index (χ1) is 13.9. The van der Waals surface area contributed by atoms with Crippen molar-refractivity contribution in [2.24, 2.45) is 4.99 Å². The molecule has 0 bridgehead atoms. The van der Waals surface area contributed by atoms with Crippen molar-refractivity contribution in [3.63, 3.8) is 0 Å². The van der Waals surface area contributed by atoms with Crippen molar-refractivity contribution in [2.45, 2.75) is 32.7 Å². The van der Waals surface area contributed by atoms with Gasteiger partial charge in [-0.3, -0.25) is 4.68 Å². The monoisotopic (exact) mass is 422 g/mol. The summed E-state index contributed by atoms with van der Waals surface area (Å²) < 4.78 is 39.8. The van der Waals surface area contributed by atoms with Crippen molar-refractivity contribution in [1.82, 2.24) is 25.4 Å². The normalized spacial score (nSPS) is 12.2.